The van der Waals surface area contributed by atoms with Crippen LogP contribution in [0.4, 0.5) is 5.13 Å². The minimum absolute atomic E-state index is 0.00984. The van der Waals surface area contributed by atoms with Crippen molar-refractivity contribution in [1.29, 1.82) is 0 Å². The van der Waals surface area contributed by atoms with Gasteiger partial charge in [0.05, 0.1) is 6.54 Å². The molecule has 2 fully saturated rings. The van der Waals surface area contributed by atoms with Crippen LogP contribution in [0.1, 0.15) is 24.3 Å². The number of hydrogen-bond donors (Lipinski definition) is 1. The van der Waals surface area contributed by atoms with E-state index in [-0.39, 0.29) is 5.91 Å². The Bertz CT molecular complexity index is 509. The van der Waals surface area contributed by atoms with Crippen molar-refractivity contribution in [2.45, 2.75) is 31.9 Å². The molecule has 0 aromatic carbocycles. The number of carbonyl (C=O) groups excluding carboxylic acids is 1. The zero-order chi connectivity index (χ0) is 15.4. The Morgan fingerprint density at radius 3 is 3.14 bits per heavy atom. The van der Waals surface area contributed by atoms with Gasteiger partial charge in [0.15, 0.2) is 0 Å². The molecular formula is C14H23N5O2S. The quantitative estimate of drug-likeness (QED) is 0.863. The van der Waals surface area contributed by atoms with Gasteiger partial charge in [0.25, 0.3) is 0 Å². The second-order valence-corrected chi connectivity index (χ2v) is 6.96. The normalized spacial score (nSPS) is 23.2. The first kappa shape index (κ1) is 15.8. The summed E-state index contributed by atoms with van der Waals surface area (Å²) in [4.78, 5) is 17.0. The summed E-state index contributed by atoms with van der Waals surface area (Å²) in [6, 6.07) is 0.630. The third kappa shape index (κ3) is 4.01. The average Bonchev–Trinajstić information content (AvgIpc) is 2.94. The van der Waals surface area contributed by atoms with Crippen molar-refractivity contribution in [2.24, 2.45) is 0 Å². The molecule has 1 atom stereocenters. The number of nitrogens with one attached hydrogen (secondary N) is 1. The molecule has 122 valence electrons. The fourth-order valence-corrected chi connectivity index (χ4v) is 3.94. The molecule has 3 heterocycles. The van der Waals surface area contributed by atoms with Crippen molar-refractivity contribution in [3.05, 3.63) is 5.01 Å². The molecular weight excluding hydrogens is 302 g/mol. The Kier molecular flexibility index (Phi) is 5.35. The van der Waals surface area contributed by atoms with Crippen molar-refractivity contribution < 1.29 is 9.53 Å². The van der Waals surface area contributed by atoms with Crippen LogP contribution in [0.5, 0.6) is 0 Å². The van der Waals surface area contributed by atoms with E-state index >= 15 is 0 Å². The van der Waals surface area contributed by atoms with Gasteiger partial charge in [-0.05, 0) is 19.4 Å². The summed E-state index contributed by atoms with van der Waals surface area (Å²) in [7, 11) is 1.62. The SMILES string of the molecule is COCc1nnc(NC(=O)CN2CCN3CCCCC3C2)s1. The highest BCUT2D eigenvalue weighted by molar-refractivity contribution is 7.15. The van der Waals surface area contributed by atoms with E-state index < -0.39 is 0 Å². The lowest BCUT2D eigenvalue weighted by atomic mass is 9.99. The highest BCUT2D eigenvalue weighted by Crippen LogP contribution is 2.21. The van der Waals surface area contributed by atoms with Crippen molar-refractivity contribution in [3.63, 3.8) is 0 Å². The van der Waals surface area contributed by atoms with E-state index in [9.17, 15) is 4.79 Å². The summed E-state index contributed by atoms with van der Waals surface area (Å²) in [5.74, 6) is -0.00984. The average molecular weight is 325 g/mol. The Labute approximate surface area is 134 Å². The molecule has 1 unspecified atom stereocenters. The lowest BCUT2D eigenvalue weighted by molar-refractivity contribution is -0.118. The summed E-state index contributed by atoms with van der Waals surface area (Å²) in [5, 5.41) is 12.1. The molecule has 8 heteroatoms. The maximum absolute atomic E-state index is 12.1. The highest BCUT2D eigenvalue weighted by Gasteiger charge is 2.29. The molecule has 2 saturated heterocycles. The molecule has 0 spiro atoms. The number of methoxy groups -OCH3 is 1. The molecule has 0 radical (unpaired) electrons. The fourth-order valence-electron chi connectivity index (χ4n) is 3.21. The van der Waals surface area contributed by atoms with Gasteiger partial charge >= 0.3 is 0 Å². The van der Waals surface area contributed by atoms with Crippen LogP contribution in [-0.2, 0) is 16.1 Å². The number of amides is 1. The monoisotopic (exact) mass is 325 g/mol. The molecule has 7 nitrogen and oxygen atoms in total. The molecule has 0 saturated carbocycles. The van der Waals surface area contributed by atoms with Gasteiger partial charge in [-0.25, -0.2) is 0 Å². The topological polar surface area (TPSA) is 70.6 Å². The first-order valence-corrected chi connectivity index (χ1v) is 8.64. The van der Waals surface area contributed by atoms with E-state index in [1.54, 1.807) is 7.11 Å². The predicted octanol–water partition coefficient (Wildman–Crippen LogP) is 0.793. The Morgan fingerprint density at radius 1 is 1.36 bits per heavy atom. The van der Waals surface area contributed by atoms with Gasteiger partial charge in [-0.3, -0.25) is 19.9 Å². The maximum Gasteiger partial charge on any atom is 0.240 e. The lowest BCUT2D eigenvalue weighted by Gasteiger charge is -2.43. The number of aromatic nitrogens is 2. The maximum atomic E-state index is 12.1. The van der Waals surface area contributed by atoms with E-state index in [2.05, 4.69) is 25.3 Å². The number of anilines is 1. The Balaban J connectivity index is 1.47. The van der Waals surface area contributed by atoms with Gasteiger partial charge in [0.2, 0.25) is 11.0 Å². The van der Waals surface area contributed by atoms with E-state index in [4.69, 9.17) is 4.74 Å². The van der Waals surface area contributed by atoms with Crippen molar-refractivity contribution in [1.82, 2.24) is 20.0 Å². The van der Waals surface area contributed by atoms with Crippen LogP contribution < -0.4 is 5.32 Å². The second-order valence-electron chi connectivity index (χ2n) is 5.90. The van der Waals surface area contributed by atoms with E-state index in [0.29, 0.717) is 24.3 Å². The van der Waals surface area contributed by atoms with Crippen LogP contribution in [0.25, 0.3) is 0 Å². The van der Waals surface area contributed by atoms with Gasteiger partial charge in [0, 0.05) is 32.8 Å². The van der Waals surface area contributed by atoms with Crippen molar-refractivity contribution >= 4 is 22.4 Å². The van der Waals surface area contributed by atoms with Gasteiger partial charge in [0.1, 0.15) is 11.6 Å². The first-order chi connectivity index (χ1) is 10.7. The third-order valence-electron chi connectivity index (χ3n) is 4.27. The summed E-state index contributed by atoms with van der Waals surface area (Å²) in [5.41, 5.74) is 0. The summed E-state index contributed by atoms with van der Waals surface area (Å²) >= 11 is 1.36. The summed E-state index contributed by atoms with van der Waals surface area (Å²) in [6.07, 6.45) is 3.89. The Hall–Kier alpha value is -1.09. The van der Waals surface area contributed by atoms with Gasteiger partial charge < -0.3 is 4.74 Å². The molecule has 1 N–H and O–H groups in total. The molecule has 1 aromatic heterocycles. The molecule has 0 aliphatic carbocycles. The molecule has 2 aliphatic rings. The first-order valence-electron chi connectivity index (χ1n) is 7.82. The largest absolute Gasteiger partial charge is 0.377 e. The molecule has 0 bridgehead atoms. The minimum atomic E-state index is -0.00984. The third-order valence-corrected chi connectivity index (χ3v) is 5.08. The number of nitrogens with zero attached hydrogens (tertiary/aromatic N) is 4. The Morgan fingerprint density at radius 2 is 2.27 bits per heavy atom. The highest BCUT2D eigenvalue weighted by atomic mass is 32.1. The van der Waals surface area contributed by atoms with E-state index in [1.807, 2.05) is 0 Å². The second kappa shape index (κ2) is 7.45. The minimum Gasteiger partial charge on any atom is -0.377 e. The molecule has 1 amide bonds. The van der Waals surface area contributed by atoms with Crippen LogP contribution in [0.15, 0.2) is 0 Å². The van der Waals surface area contributed by atoms with Crippen LogP contribution in [-0.4, -0.2) is 71.8 Å². The number of fused-ring (bicyclic) bond motifs is 1. The van der Waals surface area contributed by atoms with Crippen molar-refractivity contribution in [2.75, 3.05) is 45.2 Å². The predicted molar refractivity (Wildman–Crippen MR) is 84.9 cm³/mol. The standard InChI is InChI=1S/C14H23N5O2S/c1-21-10-13-16-17-14(22-13)15-12(20)9-18-6-7-19-5-3-2-4-11(19)8-18/h11H,2-10H2,1H3,(H,15,17,20). The van der Waals surface area contributed by atoms with Crippen LogP contribution >= 0.6 is 11.3 Å². The summed E-state index contributed by atoms with van der Waals surface area (Å²) < 4.78 is 5.00. The van der Waals surface area contributed by atoms with Gasteiger partial charge in [-0.2, -0.15) is 0 Å². The van der Waals surface area contributed by atoms with Crippen LogP contribution in [0.2, 0.25) is 0 Å². The van der Waals surface area contributed by atoms with E-state index in [0.717, 1.165) is 24.6 Å². The molecule has 3 rings (SSSR count). The van der Waals surface area contributed by atoms with Crippen LogP contribution in [0.3, 0.4) is 0 Å². The lowest BCUT2D eigenvalue weighted by Crippen LogP contribution is -2.55. The molecule has 1 aromatic rings. The van der Waals surface area contributed by atoms with Crippen LogP contribution in [0, 0.1) is 0 Å². The van der Waals surface area contributed by atoms with Gasteiger partial charge in [-0.15, -0.1) is 10.2 Å². The number of rotatable bonds is 5. The van der Waals surface area contributed by atoms with Crippen molar-refractivity contribution in [3.8, 4) is 0 Å². The molecule has 2 aliphatic heterocycles. The number of ether oxygens (including phenoxy) is 1. The number of hydrogen-bond acceptors (Lipinski definition) is 7. The van der Waals surface area contributed by atoms with E-state index in [1.165, 1.54) is 37.1 Å². The smallest absolute Gasteiger partial charge is 0.240 e. The number of piperidine rings is 1. The zero-order valence-corrected chi connectivity index (χ0v) is 13.8. The summed E-state index contributed by atoms with van der Waals surface area (Å²) in [6.45, 7) is 5.13. The molecule has 22 heavy (non-hydrogen) atoms. The number of piperazine rings is 1. The fraction of sp³-hybridized carbons (Fsp3) is 0.786. The number of carbonyl (C=O) groups is 1. The van der Waals surface area contributed by atoms with Gasteiger partial charge in [-0.1, -0.05) is 17.8 Å². The zero-order valence-electron chi connectivity index (χ0n) is 13.0.